The lowest BCUT2D eigenvalue weighted by molar-refractivity contribution is 0.498. The summed E-state index contributed by atoms with van der Waals surface area (Å²) < 4.78 is 19.6. The maximum Gasteiger partial charge on any atom is 0.373 e. The molecule has 1 unspecified atom stereocenters. The molecule has 1 aliphatic heterocycles. The number of nitrogens with zero attached hydrogens (tertiary/aromatic N) is 1. The van der Waals surface area contributed by atoms with Crippen molar-refractivity contribution in [1.29, 1.82) is 0 Å². The van der Waals surface area contributed by atoms with Crippen LogP contribution in [0.3, 0.4) is 0 Å². The number of benzene rings is 2. The lowest BCUT2D eigenvalue weighted by atomic mass is 10.1. The second-order valence-corrected chi connectivity index (χ2v) is 7.39. The third-order valence-corrected chi connectivity index (χ3v) is 5.74. The summed E-state index contributed by atoms with van der Waals surface area (Å²) in [4.78, 5) is 4.35. The highest BCUT2D eigenvalue weighted by molar-refractivity contribution is 7.72. The average Bonchev–Trinajstić information content (AvgIpc) is 2.62. The lowest BCUT2D eigenvalue weighted by Gasteiger charge is -2.28. The van der Waals surface area contributed by atoms with Crippen LogP contribution < -0.4 is 9.61 Å². The van der Waals surface area contributed by atoms with Gasteiger partial charge in [-0.3, -0.25) is 4.98 Å². The first-order chi connectivity index (χ1) is 11.7. The van der Waals surface area contributed by atoms with Gasteiger partial charge in [-0.25, -0.2) is 4.57 Å². The summed E-state index contributed by atoms with van der Waals surface area (Å²) in [6, 6.07) is 22.4. The minimum atomic E-state index is -3.35. The summed E-state index contributed by atoms with van der Waals surface area (Å²) in [6.45, 7) is 0. The first-order valence-corrected chi connectivity index (χ1v) is 9.23. The Kier molecular flexibility index (Phi) is 3.68. The van der Waals surface area contributed by atoms with E-state index in [9.17, 15) is 4.57 Å². The van der Waals surface area contributed by atoms with E-state index in [-0.39, 0.29) is 0 Å². The van der Waals surface area contributed by atoms with Crippen molar-refractivity contribution in [2.24, 2.45) is 0 Å². The normalized spacial score (nSPS) is 18.9. The van der Waals surface area contributed by atoms with Crippen LogP contribution >= 0.6 is 7.52 Å². The van der Waals surface area contributed by atoms with E-state index in [4.69, 9.17) is 4.52 Å². The number of fused-ring (bicyclic) bond motifs is 1. The van der Waals surface area contributed by atoms with E-state index in [1.165, 1.54) is 0 Å². The first-order valence-electron chi connectivity index (χ1n) is 7.60. The lowest BCUT2D eigenvalue weighted by Crippen LogP contribution is -2.11. The molecular formula is C19H15N2O2P. The number of hydrogen-bond donors (Lipinski definition) is 1. The molecule has 1 aliphatic rings. The molecule has 5 heteroatoms. The summed E-state index contributed by atoms with van der Waals surface area (Å²) in [6.07, 6.45) is 3.57. The number of aromatic nitrogens is 1. The summed E-state index contributed by atoms with van der Waals surface area (Å²) in [5.41, 5.74) is 2.39. The number of para-hydroxylation sites is 2. The van der Waals surface area contributed by atoms with Crippen LogP contribution in [-0.4, -0.2) is 4.98 Å². The Morgan fingerprint density at radius 3 is 2.42 bits per heavy atom. The minimum absolute atomic E-state index is 0.551. The standard InChI is InChI=1S/C19H15N2O2P/c22-24(23-16-9-2-1-3-10-16)19(18-12-6-7-13-20-18)14-15-8-4-5-11-17(15)21-24/h1-14H,(H,21,22). The molecule has 1 atom stereocenters. The Morgan fingerprint density at radius 1 is 0.875 bits per heavy atom. The first kappa shape index (κ1) is 14.7. The molecule has 0 radical (unpaired) electrons. The summed E-state index contributed by atoms with van der Waals surface area (Å²) in [7, 11) is -3.35. The number of anilines is 1. The smallest absolute Gasteiger partial charge is 0.373 e. The van der Waals surface area contributed by atoms with E-state index in [2.05, 4.69) is 10.1 Å². The topological polar surface area (TPSA) is 51.2 Å². The van der Waals surface area contributed by atoms with Gasteiger partial charge in [0.15, 0.2) is 0 Å². The van der Waals surface area contributed by atoms with Crippen molar-refractivity contribution in [2.45, 2.75) is 0 Å². The van der Waals surface area contributed by atoms with E-state index in [0.29, 0.717) is 16.8 Å². The van der Waals surface area contributed by atoms with Crippen molar-refractivity contribution in [2.75, 3.05) is 5.09 Å². The molecule has 0 saturated carbocycles. The second kappa shape index (κ2) is 5.99. The number of pyridine rings is 1. The van der Waals surface area contributed by atoms with Crippen LogP contribution in [0.1, 0.15) is 11.3 Å². The zero-order valence-corrected chi connectivity index (χ0v) is 13.7. The van der Waals surface area contributed by atoms with E-state index < -0.39 is 7.52 Å². The molecule has 0 aliphatic carbocycles. The van der Waals surface area contributed by atoms with Crippen molar-refractivity contribution in [3.63, 3.8) is 0 Å². The molecule has 1 N–H and O–H groups in total. The maximum absolute atomic E-state index is 13.7. The Labute approximate surface area is 140 Å². The van der Waals surface area contributed by atoms with E-state index >= 15 is 0 Å². The fraction of sp³-hybridized carbons (Fsp3) is 0. The molecule has 0 fully saturated rings. The molecule has 0 spiro atoms. The molecule has 0 saturated heterocycles. The third-order valence-electron chi connectivity index (χ3n) is 3.74. The molecule has 118 valence electrons. The van der Waals surface area contributed by atoms with Gasteiger partial charge < -0.3 is 9.61 Å². The van der Waals surface area contributed by atoms with E-state index in [0.717, 1.165) is 11.3 Å². The molecule has 1 aromatic heterocycles. The van der Waals surface area contributed by atoms with Gasteiger partial charge in [0.25, 0.3) is 0 Å². The zero-order chi connectivity index (χ0) is 16.4. The van der Waals surface area contributed by atoms with Crippen LogP contribution in [0.4, 0.5) is 5.69 Å². The van der Waals surface area contributed by atoms with Gasteiger partial charge in [0.05, 0.1) is 11.0 Å². The Bertz CT molecular complexity index is 940. The molecule has 0 amide bonds. The maximum atomic E-state index is 13.7. The van der Waals surface area contributed by atoms with Crippen LogP contribution in [0.5, 0.6) is 5.75 Å². The van der Waals surface area contributed by atoms with Crippen LogP contribution in [0.2, 0.25) is 0 Å². The minimum Gasteiger partial charge on any atom is -0.426 e. The zero-order valence-electron chi connectivity index (χ0n) is 12.8. The fourth-order valence-corrected chi connectivity index (χ4v) is 4.56. The molecule has 0 bridgehead atoms. The van der Waals surface area contributed by atoms with Gasteiger partial charge in [-0.15, -0.1) is 0 Å². The highest BCUT2D eigenvalue weighted by Gasteiger charge is 2.36. The Balaban J connectivity index is 1.84. The van der Waals surface area contributed by atoms with Crippen molar-refractivity contribution in [3.05, 3.63) is 90.3 Å². The van der Waals surface area contributed by atoms with Gasteiger partial charge in [-0.1, -0.05) is 42.5 Å². The summed E-state index contributed by atoms with van der Waals surface area (Å²) >= 11 is 0. The van der Waals surface area contributed by atoms with Gasteiger partial charge >= 0.3 is 7.52 Å². The molecule has 2 heterocycles. The predicted molar refractivity (Wildman–Crippen MR) is 96.8 cm³/mol. The van der Waals surface area contributed by atoms with Crippen LogP contribution in [0, 0.1) is 0 Å². The number of nitrogens with one attached hydrogen (secondary N) is 1. The highest BCUT2D eigenvalue weighted by atomic mass is 31.2. The average molecular weight is 334 g/mol. The predicted octanol–water partition coefficient (Wildman–Crippen LogP) is 5.28. The summed E-state index contributed by atoms with van der Waals surface area (Å²) in [5, 5.41) is 3.66. The molecule has 3 aromatic rings. The van der Waals surface area contributed by atoms with Gasteiger partial charge in [-0.05, 0) is 42.0 Å². The fourth-order valence-electron chi connectivity index (χ4n) is 2.62. The third kappa shape index (κ3) is 2.72. The van der Waals surface area contributed by atoms with Crippen molar-refractivity contribution < 1.29 is 9.09 Å². The number of hydrogen-bond acceptors (Lipinski definition) is 3. The van der Waals surface area contributed by atoms with E-state index in [1.807, 2.05) is 66.7 Å². The van der Waals surface area contributed by atoms with Crippen LogP contribution in [0.25, 0.3) is 11.4 Å². The largest absolute Gasteiger partial charge is 0.426 e. The molecular weight excluding hydrogens is 319 g/mol. The van der Waals surface area contributed by atoms with Gasteiger partial charge in [0, 0.05) is 11.9 Å². The second-order valence-electron chi connectivity index (χ2n) is 5.40. The van der Waals surface area contributed by atoms with E-state index in [1.54, 1.807) is 18.3 Å². The van der Waals surface area contributed by atoms with Gasteiger partial charge in [-0.2, -0.15) is 0 Å². The highest BCUT2D eigenvalue weighted by Crippen LogP contribution is 2.61. The molecule has 24 heavy (non-hydrogen) atoms. The molecule has 4 nitrogen and oxygen atoms in total. The Morgan fingerprint density at radius 2 is 1.62 bits per heavy atom. The SMILES string of the molecule is O=P1(Oc2ccccc2)Nc2ccccc2C=C1c1ccccn1. The molecule has 2 aromatic carbocycles. The van der Waals surface area contributed by atoms with Gasteiger partial charge in [0.2, 0.25) is 0 Å². The van der Waals surface area contributed by atoms with Crippen LogP contribution in [0.15, 0.2) is 79.0 Å². The monoisotopic (exact) mass is 334 g/mol. The van der Waals surface area contributed by atoms with Gasteiger partial charge in [0.1, 0.15) is 5.75 Å². The van der Waals surface area contributed by atoms with Crippen molar-refractivity contribution >= 4 is 24.6 Å². The molecule has 4 rings (SSSR count). The number of rotatable bonds is 3. The van der Waals surface area contributed by atoms with Crippen molar-refractivity contribution in [3.8, 4) is 5.75 Å². The van der Waals surface area contributed by atoms with Crippen LogP contribution in [-0.2, 0) is 4.57 Å². The Hall–Kier alpha value is -2.84. The summed E-state index contributed by atoms with van der Waals surface area (Å²) in [5.74, 6) is 0.551. The van der Waals surface area contributed by atoms with Crippen molar-refractivity contribution in [1.82, 2.24) is 4.98 Å². The quantitative estimate of drug-likeness (QED) is 0.662.